The molecule has 0 fully saturated rings. The largest absolute Gasteiger partial charge is 0.480 e. The third-order valence-corrected chi connectivity index (χ3v) is 3.61. The van der Waals surface area contributed by atoms with Gasteiger partial charge in [-0.25, -0.2) is 9.59 Å². The Bertz CT molecular complexity index is 638. The quantitative estimate of drug-likeness (QED) is 0.645. The standard InChI is InChI=1S/C20H30N2O5/c1-13(2)11-16(18(24)25)21-17(23)15(12-14-9-7-6-8-10-14)22-19(26)27-20(3,4)5/h6-10,13,15-16H,11-12H2,1-5H3,(H,21,23)(H,22,26)(H,24,25)/t15-,16?/m0/s1. The summed E-state index contributed by atoms with van der Waals surface area (Å²) in [5, 5.41) is 14.4. The molecule has 0 saturated heterocycles. The maximum Gasteiger partial charge on any atom is 0.408 e. The minimum Gasteiger partial charge on any atom is -0.480 e. The summed E-state index contributed by atoms with van der Waals surface area (Å²) in [5.41, 5.74) is 0.128. The number of rotatable bonds is 8. The van der Waals surface area contributed by atoms with E-state index in [1.807, 2.05) is 44.2 Å². The van der Waals surface area contributed by atoms with E-state index in [1.165, 1.54) is 0 Å². The molecule has 1 aromatic carbocycles. The molecular weight excluding hydrogens is 348 g/mol. The highest BCUT2D eigenvalue weighted by Gasteiger charge is 2.28. The predicted molar refractivity (Wildman–Crippen MR) is 102 cm³/mol. The van der Waals surface area contributed by atoms with E-state index in [-0.39, 0.29) is 12.3 Å². The molecule has 0 saturated carbocycles. The van der Waals surface area contributed by atoms with Crippen molar-refractivity contribution in [1.29, 1.82) is 0 Å². The van der Waals surface area contributed by atoms with E-state index >= 15 is 0 Å². The lowest BCUT2D eigenvalue weighted by atomic mass is 10.0. The Hall–Kier alpha value is -2.57. The fourth-order valence-electron chi connectivity index (χ4n) is 2.47. The van der Waals surface area contributed by atoms with Gasteiger partial charge in [0, 0.05) is 6.42 Å². The molecule has 1 rings (SSSR count). The molecule has 0 aliphatic heterocycles. The Kier molecular flexibility index (Phi) is 8.28. The second-order valence-electron chi connectivity index (χ2n) is 7.92. The molecule has 7 nitrogen and oxygen atoms in total. The van der Waals surface area contributed by atoms with Crippen LogP contribution in [0.5, 0.6) is 0 Å². The highest BCUT2D eigenvalue weighted by molar-refractivity contribution is 5.89. The van der Waals surface area contributed by atoms with Gasteiger partial charge in [0.25, 0.3) is 0 Å². The molecule has 0 spiro atoms. The Labute approximate surface area is 160 Å². The van der Waals surface area contributed by atoms with Crippen LogP contribution in [0, 0.1) is 5.92 Å². The van der Waals surface area contributed by atoms with Crippen LogP contribution >= 0.6 is 0 Å². The molecule has 0 heterocycles. The summed E-state index contributed by atoms with van der Waals surface area (Å²) in [5.74, 6) is -1.57. The maximum atomic E-state index is 12.7. The van der Waals surface area contributed by atoms with Crippen molar-refractivity contribution in [2.24, 2.45) is 5.92 Å². The van der Waals surface area contributed by atoms with Gasteiger partial charge in [0.2, 0.25) is 5.91 Å². The fraction of sp³-hybridized carbons (Fsp3) is 0.550. The van der Waals surface area contributed by atoms with Crippen molar-refractivity contribution in [3.8, 4) is 0 Å². The van der Waals surface area contributed by atoms with E-state index in [0.717, 1.165) is 5.56 Å². The van der Waals surface area contributed by atoms with Crippen LogP contribution in [0.3, 0.4) is 0 Å². The highest BCUT2D eigenvalue weighted by atomic mass is 16.6. The number of hydrogen-bond acceptors (Lipinski definition) is 4. The van der Waals surface area contributed by atoms with Gasteiger partial charge in [0.05, 0.1) is 0 Å². The zero-order chi connectivity index (χ0) is 20.6. The van der Waals surface area contributed by atoms with E-state index in [4.69, 9.17) is 4.74 Å². The minimum atomic E-state index is -1.10. The number of benzene rings is 1. The van der Waals surface area contributed by atoms with Crippen LogP contribution in [0.25, 0.3) is 0 Å². The molecule has 2 atom stereocenters. The van der Waals surface area contributed by atoms with Crippen molar-refractivity contribution < 1.29 is 24.2 Å². The first-order valence-electron chi connectivity index (χ1n) is 9.04. The molecule has 27 heavy (non-hydrogen) atoms. The van der Waals surface area contributed by atoms with Crippen molar-refractivity contribution in [2.75, 3.05) is 0 Å². The van der Waals surface area contributed by atoms with Crippen LogP contribution in [-0.4, -0.2) is 40.8 Å². The normalized spacial score (nSPS) is 13.6. The van der Waals surface area contributed by atoms with Crippen LogP contribution in [-0.2, 0) is 20.7 Å². The summed E-state index contributed by atoms with van der Waals surface area (Å²) in [6.45, 7) is 8.93. The van der Waals surface area contributed by atoms with Crippen molar-refractivity contribution in [3.63, 3.8) is 0 Å². The molecular formula is C20H30N2O5. The van der Waals surface area contributed by atoms with Gasteiger partial charge in [-0.05, 0) is 38.7 Å². The average Bonchev–Trinajstić information content (AvgIpc) is 2.52. The van der Waals surface area contributed by atoms with Crippen molar-refractivity contribution >= 4 is 18.0 Å². The van der Waals surface area contributed by atoms with Gasteiger partial charge in [-0.1, -0.05) is 44.2 Å². The summed E-state index contributed by atoms with van der Waals surface area (Å²) in [6, 6.07) is 7.21. The lowest BCUT2D eigenvalue weighted by Crippen LogP contribution is -2.53. The summed E-state index contributed by atoms with van der Waals surface area (Å²) in [4.78, 5) is 36.3. The molecule has 0 aliphatic carbocycles. The second kappa shape index (κ2) is 9.94. The third-order valence-electron chi connectivity index (χ3n) is 3.61. The number of carboxylic acid groups (broad SMARTS) is 1. The molecule has 1 unspecified atom stereocenters. The number of carbonyl (C=O) groups excluding carboxylic acids is 2. The Balaban J connectivity index is 2.92. The fourth-order valence-corrected chi connectivity index (χ4v) is 2.47. The summed E-state index contributed by atoms with van der Waals surface area (Å²) < 4.78 is 5.23. The molecule has 7 heteroatoms. The number of amides is 2. The first-order chi connectivity index (χ1) is 12.5. The number of hydrogen-bond donors (Lipinski definition) is 3. The number of aliphatic carboxylic acids is 1. The van der Waals surface area contributed by atoms with Crippen molar-refractivity contribution in [2.45, 2.75) is 65.1 Å². The lowest BCUT2D eigenvalue weighted by molar-refractivity contribution is -0.142. The number of carbonyl (C=O) groups is 3. The van der Waals surface area contributed by atoms with Crippen LogP contribution in [0.2, 0.25) is 0 Å². The Morgan fingerprint density at radius 1 is 1.04 bits per heavy atom. The van der Waals surface area contributed by atoms with E-state index in [2.05, 4.69) is 10.6 Å². The molecule has 0 aromatic heterocycles. The van der Waals surface area contributed by atoms with Crippen LogP contribution < -0.4 is 10.6 Å². The number of ether oxygens (including phenoxy) is 1. The number of carboxylic acids is 1. The maximum absolute atomic E-state index is 12.7. The first-order valence-corrected chi connectivity index (χ1v) is 9.04. The van der Waals surface area contributed by atoms with Crippen molar-refractivity contribution in [3.05, 3.63) is 35.9 Å². The Morgan fingerprint density at radius 2 is 1.63 bits per heavy atom. The second-order valence-corrected chi connectivity index (χ2v) is 7.92. The zero-order valence-corrected chi connectivity index (χ0v) is 16.6. The highest BCUT2D eigenvalue weighted by Crippen LogP contribution is 2.10. The number of alkyl carbamates (subject to hydrolysis) is 1. The monoisotopic (exact) mass is 378 g/mol. The van der Waals surface area contributed by atoms with E-state index in [0.29, 0.717) is 6.42 Å². The van der Waals surface area contributed by atoms with Gasteiger partial charge >= 0.3 is 12.1 Å². The van der Waals surface area contributed by atoms with Gasteiger partial charge in [-0.3, -0.25) is 4.79 Å². The molecule has 0 radical (unpaired) electrons. The van der Waals surface area contributed by atoms with E-state index < -0.39 is 35.7 Å². The predicted octanol–water partition coefficient (Wildman–Crippen LogP) is 2.74. The average molecular weight is 378 g/mol. The Morgan fingerprint density at radius 3 is 2.11 bits per heavy atom. The molecule has 150 valence electrons. The smallest absolute Gasteiger partial charge is 0.408 e. The zero-order valence-electron chi connectivity index (χ0n) is 16.6. The van der Waals surface area contributed by atoms with Gasteiger partial charge in [0.1, 0.15) is 17.7 Å². The summed E-state index contributed by atoms with van der Waals surface area (Å²) in [7, 11) is 0. The summed E-state index contributed by atoms with van der Waals surface area (Å²) >= 11 is 0. The topological polar surface area (TPSA) is 105 Å². The van der Waals surface area contributed by atoms with Gasteiger partial charge in [0.15, 0.2) is 0 Å². The molecule has 2 amide bonds. The van der Waals surface area contributed by atoms with Gasteiger partial charge < -0.3 is 20.5 Å². The van der Waals surface area contributed by atoms with Crippen molar-refractivity contribution in [1.82, 2.24) is 10.6 Å². The number of nitrogens with one attached hydrogen (secondary N) is 2. The van der Waals surface area contributed by atoms with Gasteiger partial charge in [-0.15, -0.1) is 0 Å². The first kappa shape index (κ1) is 22.5. The third kappa shape index (κ3) is 9.08. The van der Waals surface area contributed by atoms with Crippen LogP contribution in [0.4, 0.5) is 4.79 Å². The lowest BCUT2D eigenvalue weighted by Gasteiger charge is -2.25. The van der Waals surface area contributed by atoms with Crippen LogP contribution in [0.1, 0.15) is 46.6 Å². The minimum absolute atomic E-state index is 0.0952. The molecule has 3 N–H and O–H groups in total. The van der Waals surface area contributed by atoms with Gasteiger partial charge in [-0.2, -0.15) is 0 Å². The summed E-state index contributed by atoms with van der Waals surface area (Å²) in [6.07, 6.45) is -0.208. The van der Waals surface area contributed by atoms with E-state index in [9.17, 15) is 19.5 Å². The molecule has 0 bridgehead atoms. The molecule has 1 aromatic rings. The SMILES string of the molecule is CC(C)CC(NC(=O)[C@H](Cc1ccccc1)NC(=O)OC(C)(C)C)C(=O)O. The molecule has 0 aliphatic rings. The van der Waals surface area contributed by atoms with E-state index in [1.54, 1.807) is 20.8 Å². The van der Waals surface area contributed by atoms with Crippen LogP contribution in [0.15, 0.2) is 30.3 Å².